The molecule has 1 aliphatic heterocycles. The van der Waals surface area contributed by atoms with E-state index in [0.29, 0.717) is 6.10 Å². The van der Waals surface area contributed by atoms with Gasteiger partial charge in [0.25, 0.3) is 0 Å². The Labute approximate surface area is 122 Å². The topological polar surface area (TPSA) is 51.5 Å². The van der Waals surface area contributed by atoms with E-state index < -0.39 is 0 Å². The summed E-state index contributed by atoms with van der Waals surface area (Å²) in [6, 6.07) is 11.9. The summed E-state index contributed by atoms with van der Waals surface area (Å²) >= 11 is 0. The van der Waals surface area contributed by atoms with Gasteiger partial charge in [-0.25, -0.2) is 4.98 Å². The molecule has 3 aromatic heterocycles. The smallest absolute Gasteiger partial charge is 0.140 e. The molecule has 1 aliphatic rings. The van der Waals surface area contributed by atoms with Crippen LogP contribution in [0.5, 0.6) is 0 Å². The molecule has 0 bridgehead atoms. The van der Waals surface area contributed by atoms with E-state index in [1.807, 2.05) is 42.6 Å². The first-order valence-electron chi connectivity index (χ1n) is 7.16. The molecule has 1 atom stereocenters. The molecule has 106 valence electrons. The Morgan fingerprint density at radius 3 is 2.90 bits per heavy atom. The van der Waals surface area contributed by atoms with Gasteiger partial charge in [-0.3, -0.25) is 9.38 Å². The Hall–Kier alpha value is -2.40. The van der Waals surface area contributed by atoms with Crippen molar-refractivity contribution in [2.75, 3.05) is 18.5 Å². The minimum atomic E-state index is 0.302. The Morgan fingerprint density at radius 2 is 2.14 bits per heavy atom. The fourth-order valence-corrected chi connectivity index (χ4v) is 2.50. The van der Waals surface area contributed by atoms with Gasteiger partial charge in [-0.2, -0.15) is 0 Å². The second-order valence-electron chi connectivity index (χ2n) is 5.12. The lowest BCUT2D eigenvalue weighted by molar-refractivity contribution is -0.0410. The molecule has 0 aliphatic carbocycles. The average Bonchev–Trinajstić information content (AvgIpc) is 2.86. The molecule has 1 unspecified atom stereocenters. The van der Waals surface area contributed by atoms with Crippen molar-refractivity contribution in [3.05, 3.63) is 48.8 Å². The van der Waals surface area contributed by atoms with E-state index in [1.165, 1.54) is 0 Å². The number of hydrogen-bond donors (Lipinski definition) is 1. The second-order valence-corrected chi connectivity index (χ2v) is 5.12. The van der Waals surface area contributed by atoms with E-state index in [0.717, 1.165) is 42.4 Å². The van der Waals surface area contributed by atoms with Gasteiger partial charge in [-0.1, -0.05) is 12.1 Å². The van der Waals surface area contributed by atoms with Crippen LogP contribution in [0.3, 0.4) is 0 Å². The molecule has 0 radical (unpaired) electrons. The number of hydrogen-bond acceptors (Lipinski definition) is 4. The molecule has 4 rings (SSSR count). The van der Waals surface area contributed by atoms with Crippen LogP contribution in [0.15, 0.2) is 48.8 Å². The maximum Gasteiger partial charge on any atom is 0.140 e. The number of nitrogens with one attached hydrogen (secondary N) is 1. The van der Waals surface area contributed by atoms with Gasteiger partial charge in [-0.05, 0) is 30.7 Å². The lowest BCUT2D eigenvalue weighted by atomic mass is 10.2. The normalized spacial score (nSPS) is 17.6. The number of anilines is 1. The molecule has 3 aromatic rings. The van der Waals surface area contributed by atoms with Crippen molar-refractivity contribution < 1.29 is 4.74 Å². The molecule has 0 spiro atoms. The lowest BCUT2D eigenvalue weighted by Gasteiger charge is -2.26. The van der Waals surface area contributed by atoms with E-state index in [4.69, 9.17) is 9.72 Å². The van der Waals surface area contributed by atoms with Gasteiger partial charge in [0.1, 0.15) is 17.2 Å². The number of nitrogens with zero attached hydrogens (tertiary/aromatic N) is 3. The van der Waals surface area contributed by atoms with Crippen molar-refractivity contribution in [1.82, 2.24) is 14.4 Å². The Balaban J connectivity index is 1.76. The summed E-state index contributed by atoms with van der Waals surface area (Å²) in [6.45, 7) is 1.66. The van der Waals surface area contributed by atoms with Crippen molar-refractivity contribution in [2.24, 2.45) is 0 Å². The van der Waals surface area contributed by atoms with Gasteiger partial charge in [0.15, 0.2) is 0 Å². The summed E-state index contributed by atoms with van der Waals surface area (Å²) in [5, 5.41) is 3.47. The summed E-state index contributed by atoms with van der Waals surface area (Å²) in [5.74, 6) is 0.972. The van der Waals surface area contributed by atoms with E-state index in [1.54, 1.807) is 6.20 Å². The maximum absolute atomic E-state index is 5.48. The number of fused-ring (bicyclic) bond motifs is 1. The van der Waals surface area contributed by atoms with Crippen molar-refractivity contribution in [3.63, 3.8) is 0 Å². The highest BCUT2D eigenvalue weighted by molar-refractivity contribution is 5.74. The minimum Gasteiger partial charge on any atom is -0.376 e. The molecule has 1 fully saturated rings. The van der Waals surface area contributed by atoms with Gasteiger partial charge < -0.3 is 10.1 Å². The molecule has 5 heteroatoms. The van der Waals surface area contributed by atoms with Crippen molar-refractivity contribution >= 4 is 11.5 Å². The largest absolute Gasteiger partial charge is 0.376 e. The third kappa shape index (κ3) is 2.25. The Morgan fingerprint density at radius 1 is 1.24 bits per heavy atom. The third-order valence-corrected chi connectivity index (χ3v) is 3.73. The summed E-state index contributed by atoms with van der Waals surface area (Å²) in [7, 11) is 0. The zero-order valence-corrected chi connectivity index (χ0v) is 11.6. The zero-order valence-electron chi connectivity index (χ0n) is 11.6. The Kier molecular flexibility index (Phi) is 3.05. The Bertz CT molecular complexity index is 749. The van der Waals surface area contributed by atoms with Crippen LogP contribution in [0.2, 0.25) is 0 Å². The molecule has 21 heavy (non-hydrogen) atoms. The first-order valence-corrected chi connectivity index (χ1v) is 7.16. The van der Waals surface area contributed by atoms with Crippen molar-refractivity contribution in [1.29, 1.82) is 0 Å². The molecule has 1 saturated heterocycles. The summed E-state index contributed by atoms with van der Waals surface area (Å²) in [6.07, 6.45) is 5.22. The van der Waals surface area contributed by atoms with Crippen LogP contribution in [0.4, 0.5) is 5.82 Å². The van der Waals surface area contributed by atoms with Crippen LogP contribution < -0.4 is 5.32 Å². The summed E-state index contributed by atoms with van der Waals surface area (Å²) in [5.41, 5.74) is 2.66. The lowest BCUT2D eigenvalue weighted by Crippen LogP contribution is -2.33. The van der Waals surface area contributed by atoms with Gasteiger partial charge in [-0.15, -0.1) is 0 Å². The molecular formula is C16H16N4O. The van der Waals surface area contributed by atoms with Crippen LogP contribution in [0.1, 0.15) is 6.42 Å². The molecule has 5 nitrogen and oxygen atoms in total. The summed E-state index contributed by atoms with van der Waals surface area (Å²) < 4.78 is 7.54. The van der Waals surface area contributed by atoms with E-state index >= 15 is 0 Å². The predicted octanol–water partition coefficient (Wildman–Crippen LogP) is 2.60. The third-order valence-electron chi connectivity index (χ3n) is 3.73. The zero-order chi connectivity index (χ0) is 14.1. The number of ether oxygens (including phenoxy) is 1. The van der Waals surface area contributed by atoms with Gasteiger partial charge in [0.05, 0.1) is 11.8 Å². The second kappa shape index (κ2) is 5.18. The summed E-state index contributed by atoms with van der Waals surface area (Å²) in [4.78, 5) is 9.12. The quantitative estimate of drug-likeness (QED) is 0.798. The molecule has 1 N–H and O–H groups in total. The average molecular weight is 280 g/mol. The number of pyridine rings is 2. The van der Waals surface area contributed by atoms with Crippen molar-refractivity contribution in [3.8, 4) is 11.4 Å². The fraction of sp³-hybridized carbons (Fsp3) is 0.250. The fourth-order valence-electron chi connectivity index (χ4n) is 2.50. The maximum atomic E-state index is 5.48. The van der Waals surface area contributed by atoms with Gasteiger partial charge in [0, 0.05) is 25.5 Å². The number of rotatable bonds is 4. The SMILES string of the molecule is c1ccc(-c2nc3ccccn3c2NCC2CCO2)nc1. The highest BCUT2D eigenvalue weighted by Gasteiger charge is 2.20. The van der Waals surface area contributed by atoms with E-state index in [-0.39, 0.29) is 0 Å². The van der Waals surface area contributed by atoms with Gasteiger partial charge >= 0.3 is 0 Å². The van der Waals surface area contributed by atoms with Crippen LogP contribution in [0, 0.1) is 0 Å². The van der Waals surface area contributed by atoms with Crippen LogP contribution in [-0.4, -0.2) is 33.6 Å². The first kappa shape index (κ1) is 12.3. The number of aromatic nitrogens is 3. The standard InChI is InChI=1S/C16H16N4O/c1-3-8-17-13(5-1)15-16(18-11-12-7-10-21-12)20-9-4-2-6-14(20)19-15/h1-6,8-9,12,18H,7,10-11H2. The van der Waals surface area contributed by atoms with E-state index in [9.17, 15) is 0 Å². The molecular weight excluding hydrogens is 264 g/mol. The predicted molar refractivity (Wildman–Crippen MR) is 81.3 cm³/mol. The van der Waals surface area contributed by atoms with Gasteiger partial charge in [0.2, 0.25) is 0 Å². The molecule has 0 saturated carbocycles. The highest BCUT2D eigenvalue weighted by Crippen LogP contribution is 2.27. The highest BCUT2D eigenvalue weighted by atomic mass is 16.5. The molecule has 4 heterocycles. The monoisotopic (exact) mass is 280 g/mol. The van der Waals surface area contributed by atoms with Crippen LogP contribution in [-0.2, 0) is 4.74 Å². The van der Waals surface area contributed by atoms with Crippen molar-refractivity contribution in [2.45, 2.75) is 12.5 Å². The number of imidazole rings is 1. The minimum absolute atomic E-state index is 0.302. The molecule has 0 amide bonds. The van der Waals surface area contributed by atoms with Crippen LogP contribution in [0.25, 0.3) is 17.0 Å². The first-order chi connectivity index (χ1) is 10.4. The molecule has 0 aromatic carbocycles. The van der Waals surface area contributed by atoms with E-state index in [2.05, 4.69) is 14.7 Å². The van der Waals surface area contributed by atoms with Crippen LogP contribution >= 0.6 is 0 Å².